The first-order valence-corrected chi connectivity index (χ1v) is 21.4. The third-order valence-electron chi connectivity index (χ3n) is 11.0. The summed E-state index contributed by atoms with van der Waals surface area (Å²) in [5.74, 6) is 1.09. The average molecular weight is 653 g/mol. The Bertz CT molecular complexity index is 2060. The molecule has 4 heterocycles. The number of allylic oxidation sites excluding steroid dienone is 2. The van der Waals surface area contributed by atoms with Gasteiger partial charge in [-0.25, -0.2) is 4.98 Å². The van der Waals surface area contributed by atoms with Gasteiger partial charge < -0.3 is 4.42 Å². The molecule has 1 saturated carbocycles. The van der Waals surface area contributed by atoms with E-state index < -0.39 is 8.07 Å². The zero-order valence-corrected chi connectivity index (χ0v) is 30.5. The Hall–Kier alpha value is -4.09. The van der Waals surface area contributed by atoms with Gasteiger partial charge in [0.1, 0.15) is 5.58 Å². The lowest BCUT2D eigenvalue weighted by Gasteiger charge is -2.32. The van der Waals surface area contributed by atoms with E-state index in [0.717, 1.165) is 52.1 Å². The van der Waals surface area contributed by atoms with E-state index in [9.17, 15) is 0 Å². The van der Waals surface area contributed by atoms with Crippen LogP contribution in [0.2, 0.25) is 19.6 Å². The molecular weight excluding hydrogens is 603 g/mol. The van der Waals surface area contributed by atoms with Gasteiger partial charge in [-0.15, -0.1) is 0 Å². The number of aromatic nitrogens is 2. The quantitative estimate of drug-likeness (QED) is 0.0688. The first-order valence-electron chi connectivity index (χ1n) is 17.9. The third kappa shape index (κ3) is 5.81. The fourth-order valence-electron chi connectivity index (χ4n) is 8.61. The van der Waals surface area contributed by atoms with Crippen molar-refractivity contribution in [1.82, 2.24) is 4.98 Å². The molecule has 0 spiro atoms. The van der Waals surface area contributed by atoms with Crippen molar-refractivity contribution >= 4 is 41.0 Å². The minimum absolute atomic E-state index is 0.165. The van der Waals surface area contributed by atoms with Crippen molar-refractivity contribution in [2.24, 2.45) is 10.9 Å². The molecule has 48 heavy (non-hydrogen) atoms. The van der Waals surface area contributed by atoms with Gasteiger partial charge in [0.25, 0.3) is 0 Å². The zero-order chi connectivity index (χ0) is 33.6. The molecule has 0 N–H and O–H groups in total. The van der Waals surface area contributed by atoms with Crippen LogP contribution >= 0.6 is 0 Å². The molecule has 1 aliphatic heterocycles. The number of aliphatic imine (C=N–C) groups is 1. The molecular formula is C43H50N3OSi+. The highest BCUT2D eigenvalue weighted by atomic mass is 28.3. The Morgan fingerprint density at radius 3 is 2.50 bits per heavy atom. The lowest BCUT2D eigenvalue weighted by atomic mass is 9.78. The van der Waals surface area contributed by atoms with Crippen LogP contribution in [0.3, 0.4) is 0 Å². The summed E-state index contributed by atoms with van der Waals surface area (Å²) in [6.45, 7) is 18.1. The first kappa shape index (κ1) is 32.5. The van der Waals surface area contributed by atoms with Crippen LogP contribution in [0.5, 0.6) is 0 Å². The standard InChI is InChI=1S/C43H50N3OSi/c1-8-37(44-4)41-30(21-24-35-36-22-19-28(3)45-43(36)47-42(35)41)20-23-34-32-17-13-14-18-33(32)39-26-31(25-29-15-11-10-12-16-29)40(48(5,6)7)27-46(39)38(34)9-2/h8-9,13-14,17-19,21-22,24,26-27,29,34,38H,1-2,10-12,15-16,20,23,25H2,3-7H3/q+1. The van der Waals surface area contributed by atoms with Crippen molar-refractivity contribution in [2.75, 3.05) is 7.05 Å². The number of rotatable bonds is 9. The molecule has 1 fully saturated rings. The lowest BCUT2D eigenvalue weighted by Crippen LogP contribution is -2.53. The molecule has 5 heteroatoms. The van der Waals surface area contributed by atoms with Crippen molar-refractivity contribution in [3.05, 3.63) is 114 Å². The fraction of sp³-hybridized carbons (Fsp3) is 0.372. The number of aryl methyl sites for hydroxylation is 2. The molecule has 2 unspecified atom stereocenters. The van der Waals surface area contributed by atoms with E-state index in [4.69, 9.17) is 9.40 Å². The van der Waals surface area contributed by atoms with Crippen LogP contribution in [0, 0.1) is 12.8 Å². The van der Waals surface area contributed by atoms with Crippen LogP contribution in [-0.2, 0) is 12.8 Å². The minimum Gasteiger partial charge on any atom is -0.437 e. The minimum atomic E-state index is -1.61. The van der Waals surface area contributed by atoms with E-state index in [0.29, 0.717) is 5.71 Å². The maximum atomic E-state index is 6.48. The van der Waals surface area contributed by atoms with Crippen LogP contribution in [0.25, 0.3) is 33.3 Å². The summed E-state index contributed by atoms with van der Waals surface area (Å²) in [7, 11) is 0.221. The third-order valence-corrected chi connectivity index (χ3v) is 13.1. The summed E-state index contributed by atoms with van der Waals surface area (Å²) in [5.41, 5.74) is 11.3. The van der Waals surface area contributed by atoms with Gasteiger partial charge in [0.05, 0.1) is 19.7 Å². The smallest absolute Gasteiger partial charge is 0.227 e. The number of fused-ring (bicyclic) bond motifs is 6. The van der Waals surface area contributed by atoms with Crippen molar-refractivity contribution in [3.8, 4) is 11.3 Å². The summed E-state index contributed by atoms with van der Waals surface area (Å²) in [4.78, 5) is 9.35. The Morgan fingerprint density at radius 2 is 1.77 bits per heavy atom. The fourth-order valence-corrected chi connectivity index (χ4v) is 10.3. The highest BCUT2D eigenvalue weighted by Crippen LogP contribution is 2.42. The Balaban J connectivity index is 1.31. The predicted molar refractivity (Wildman–Crippen MR) is 205 cm³/mol. The molecule has 0 amide bonds. The number of hydrogen-bond acceptors (Lipinski definition) is 3. The molecule has 7 rings (SSSR count). The molecule has 4 nitrogen and oxygen atoms in total. The Labute approximate surface area is 287 Å². The molecule has 246 valence electrons. The normalized spacial score (nSPS) is 18.6. The first-order chi connectivity index (χ1) is 23.2. The van der Waals surface area contributed by atoms with E-state index in [1.54, 1.807) is 10.8 Å². The topological polar surface area (TPSA) is 42.3 Å². The van der Waals surface area contributed by atoms with Crippen LogP contribution < -0.4 is 9.75 Å². The zero-order valence-electron chi connectivity index (χ0n) is 29.5. The molecule has 0 saturated heterocycles. The number of nitrogens with zero attached hydrogens (tertiary/aromatic N) is 3. The van der Waals surface area contributed by atoms with E-state index in [1.807, 2.05) is 26.1 Å². The van der Waals surface area contributed by atoms with Crippen molar-refractivity contribution in [2.45, 2.75) is 89.9 Å². The highest BCUT2D eigenvalue weighted by molar-refractivity contribution is 6.89. The summed E-state index contributed by atoms with van der Waals surface area (Å²) < 4.78 is 9.06. The molecule has 2 atom stereocenters. The maximum absolute atomic E-state index is 6.48. The van der Waals surface area contributed by atoms with E-state index >= 15 is 0 Å². The van der Waals surface area contributed by atoms with Gasteiger partial charge in [-0.1, -0.05) is 95.2 Å². The second-order valence-corrected chi connectivity index (χ2v) is 20.2. The molecule has 2 aliphatic rings. The van der Waals surface area contributed by atoms with E-state index in [2.05, 4.69) is 103 Å². The van der Waals surface area contributed by atoms with Crippen molar-refractivity contribution < 1.29 is 8.98 Å². The lowest BCUT2D eigenvalue weighted by molar-refractivity contribution is -0.706. The number of pyridine rings is 2. The van der Waals surface area contributed by atoms with Crippen LogP contribution in [0.15, 0.2) is 95.5 Å². The van der Waals surface area contributed by atoms with Crippen molar-refractivity contribution in [3.63, 3.8) is 0 Å². The number of hydrogen-bond donors (Lipinski definition) is 0. The van der Waals surface area contributed by atoms with Crippen LogP contribution in [0.1, 0.15) is 78.4 Å². The van der Waals surface area contributed by atoms with Gasteiger partial charge in [-0.2, -0.15) is 4.57 Å². The molecule has 3 aromatic heterocycles. The van der Waals surface area contributed by atoms with E-state index in [-0.39, 0.29) is 12.0 Å². The number of benzene rings is 2. The predicted octanol–water partition coefficient (Wildman–Crippen LogP) is 9.97. The van der Waals surface area contributed by atoms with Gasteiger partial charge in [-0.3, -0.25) is 4.99 Å². The Morgan fingerprint density at radius 1 is 1.00 bits per heavy atom. The molecule has 5 aromatic rings. The Kier molecular flexibility index (Phi) is 8.84. The summed E-state index contributed by atoms with van der Waals surface area (Å²) in [6.07, 6.45) is 16.6. The number of furan rings is 1. The largest absolute Gasteiger partial charge is 0.437 e. The monoisotopic (exact) mass is 652 g/mol. The molecule has 2 aromatic carbocycles. The SMILES string of the molecule is C=CC(=NC)c1c(CCC2c3ccccc3-c3cc(CC4CCCCC4)c([Si](C)(C)C)c[n+]3C2C=C)ccc2c1oc1nc(C)ccc12. The summed E-state index contributed by atoms with van der Waals surface area (Å²) in [6, 6.07) is 20.5. The van der Waals surface area contributed by atoms with Crippen molar-refractivity contribution in [1.29, 1.82) is 0 Å². The summed E-state index contributed by atoms with van der Waals surface area (Å²) >= 11 is 0. The van der Waals surface area contributed by atoms with Gasteiger partial charge in [-0.05, 0) is 79.1 Å². The molecule has 0 bridgehead atoms. The summed E-state index contributed by atoms with van der Waals surface area (Å²) in [5, 5.41) is 3.71. The molecule has 1 aliphatic carbocycles. The van der Waals surface area contributed by atoms with Gasteiger partial charge in [0.2, 0.25) is 11.4 Å². The van der Waals surface area contributed by atoms with Gasteiger partial charge in [0.15, 0.2) is 12.2 Å². The van der Waals surface area contributed by atoms with Crippen LogP contribution in [-0.4, -0.2) is 25.8 Å². The average Bonchev–Trinajstić information content (AvgIpc) is 3.45. The second-order valence-electron chi connectivity index (χ2n) is 15.1. The van der Waals surface area contributed by atoms with Gasteiger partial charge >= 0.3 is 0 Å². The molecule has 0 radical (unpaired) electrons. The van der Waals surface area contributed by atoms with E-state index in [1.165, 1.54) is 60.9 Å². The van der Waals surface area contributed by atoms with Gasteiger partial charge in [0, 0.05) is 45.9 Å². The maximum Gasteiger partial charge on any atom is 0.227 e. The highest BCUT2D eigenvalue weighted by Gasteiger charge is 2.40. The second kappa shape index (κ2) is 13.1. The van der Waals surface area contributed by atoms with Crippen LogP contribution in [0.4, 0.5) is 0 Å².